The zero-order chi connectivity index (χ0) is 20.6. The Morgan fingerprint density at radius 1 is 1.07 bits per heavy atom. The number of hydrogen-bond donors (Lipinski definition) is 1. The molecule has 1 aliphatic heterocycles. The summed E-state index contributed by atoms with van der Waals surface area (Å²) < 4.78 is 5.42. The molecule has 156 valence electrons. The summed E-state index contributed by atoms with van der Waals surface area (Å²) >= 11 is 6.52. The van der Waals surface area contributed by atoms with E-state index in [-0.39, 0.29) is 5.15 Å². The number of nitrogens with one attached hydrogen (secondary N) is 1. The summed E-state index contributed by atoms with van der Waals surface area (Å²) in [6, 6.07) is 9.78. The molecule has 0 atom stereocenters. The van der Waals surface area contributed by atoms with Crippen molar-refractivity contribution in [1.82, 2.24) is 14.9 Å². The van der Waals surface area contributed by atoms with Crippen molar-refractivity contribution in [2.75, 3.05) is 44.7 Å². The summed E-state index contributed by atoms with van der Waals surface area (Å²) in [4.78, 5) is 11.5. The van der Waals surface area contributed by atoms with Gasteiger partial charge in [-0.25, -0.2) is 9.97 Å². The van der Waals surface area contributed by atoms with Crippen molar-refractivity contribution >= 4 is 23.1 Å². The molecule has 7 nitrogen and oxygen atoms in total. The van der Waals surface area contributed by atoms with Gasteiger partial charge in [-0.05, 0) is 18.9 Å². The fraction of sp³-hybridized carbons (Fsp3) is 0.364. The zero-order valence-corrected chi connectivity index (χ0v) is 17.6. The monoisotopic (exact) mass is 424 g/mol. The number of ether oxygens (including phenoxy) is 1. The van der Waals surface area contributed by atoms with Gasteiger partial charge in [0.25, 0.3) is 0 Å². The Kier molecular flexibility index (Phi) is 7.18. The number of morpholine rings is 1. The van der Waals surface area contributed by atoms with Gasteiger partial charge in [0.15, 0.2) is 22.5 Å². The third kappa shape index (κ3) is 5.50. The molecular formula is C22H25ClN6O. The van der Waals surface area contributed by atoms with Gasteiger partial charge in [0.05, 0.1) is 18.9 Å². The van der Waals surface area contributed by atoms with Crippen LogP contribution in [0.2, 0.25) is 5.15 Å². The summed E-state index contributed by atoms with van der Waals surface area (Å²) in [5.74, 6) is 1.15. The number of halogens is 1. The fourth-order valence-corrected chi connectivity index (χ4v) is 3.50. The second-order valence-electron chi connectivity index (χ2n) is 7.09. The van der Waals surface area contributed by atoms with Crippen LogP contribution in [-0.4, -0.2) is 54.3 Å². The summed E-state index contributed by atoms with van der Waals surface area (Å²) in [5, 5.41) is 12.4. The number of benzene rings is 1. The van der Waals surface area contributed by atoms with Crippen LogP contribution < -0.4 is 5.32 Å². The molecule has 2 aliphatic rings. The molecule has 1 saturated heterocycles. The normalized spacial score (nSPS) is 17.3. The molecule has 1 aromatic carbocycles. The Bertz CT molecular complexity index is 938. The molecule has 2 heterocycles. The van der Waals surface area contributed by atoms with E-state index >= 15 is 0 Å². The van der Waals surface area contributed by atoms with E-state index in [2.05, 4.69) is 37.6 Å². The summed E-state index contributed by atoms with van der Waals surface area (Å²) in [6.07, 6.45) is 8.11. The second kappa shape index (κ2) is 10.4. The maximum Gasteiger partial charge on any atom is 0.165 e. The van der Waals surface area contributed by atoms with Crippen LogP contribution in [0.25, 0.3) is 11.4 Å². The molecule has 2 aromatic rings. The maximum atomic E-state index is 6.52. The first kappa shape index (κ1) is 20.7. The average molecular weight is 425 g/mol. The highest BCUT2D eigenvalue weighted by atomic mass is 35.5. The molecule has 0 bridgehead atoms. The smallest absolute Gasteiger partial charge is 0.165 e. The van der Waals surface area contributed by atoms with Crippen molar-refractivity contribution in [3.63, 3.8) is 0 Å². The Morgan fingerprint density at radius 3 is 2.67 bits per heavy atom. The number of azo groups is 1. The Balaban J connectivity index is 1.57. The second-order valence-corrected chi connectivity index (χ2v) is 7.45. The van der Waals surface area contributed by atoms with Crippen LogP contribution in [0.4, 0.5) is 11.5 Å². The lowest BCUT2D eigenvalue weighted by atomic mass is 10.2. The molecule has 0 spiro atoms. The number of anilines is 1. The lowest BCUT2D eigenvalue weighted by Gasteiger charge is -2.26. The lowest BCUT2D eigenvalue weighted by Crippen LogP contribution is -2.39. The van der Waals surface area contributed by atoms with Crippen LogP contribution in [-0.2, 0) is 4.74 Å². The van der Waals surface area contributed by atoms with Gasteiger partial charge in [-0.2, -0.15) is 5.11 Å². The summed E-state index contributed by atoms with van der Waals surface area (Å²) in [7, 11) is 0. The minimum absolute atomic E-state index is 0.280. The molecule has 0 amide bonds. The van der Waals surface area contributed by atoms with Crippen molar-refractivity contribution in [2.24, 2.45) is 10.2 Å². The van der Waals surface area contributed by atoms with Gasteiger partial charge in [0.2, 0.25) is 0 Å². The van der Waals surface area contributed by atoms with Crippen molar-refractivity contribution in [3.8, 4) is 11.4 Å². The molecule has 8 heteroatoms. The maximum absolute atomic E-state index is 6.52. The first-order valence-electron chi connectivity index (χ1n) is 10.2. The van der Waals surface area contributed by atoms with E-state index in [4.69, 9.17) is 21.3 Å². The lowest BCUT2D eigenvalue weighted by molar-refractivity contribution is 0.0398. The van der Waals surface area contributed by atoms with E-state index in [1.807, 2.05) is 36.4 Å². The van der Waals surface area contributed by atoms with Gasteiger partial charge in [-0.1, -0.05) is 54.1 Å². The zero-order valence-electron chi connectivity index (χ0n) is 16.8. The van der Waals surface area contributed by atoms with Crippen LogP contribution in [0.1, 0.15) is 12.8 Å². The third-order valence-corrected chi connectivity index (χ3v) is 5.20. The molecule has 0 unspecified atom stereocenters. The standard InChI is InChI=1S/C22H25ClN6O/c23-20-19(28-27-18-9-5-2-6-10-18)22(24-11-12-29-13-15-30-16-14-29)26-21(25-20)17-7-3-1-4-8-17/h1,3-5,7-10H,2,6,11-16H2,(H,24,25,26). The molecule has 1 aromatic heterocycles. The molecule has 1 fully saturated rings. The number of rotatable bonds is 7. The summed E-state index contributed by atoms with van der Waals surface area (Å²) in [5.41, 5.74) is 2.18. The first-order valence-corrected chi connectivity index (χ1v) is 10.6. The van der Waals surface area contributed by atoms with Crippen molar-refractivity contribution in [1.29, 1.82) is 0 Å². The van der Waals surface area contributed by atoms with Gasteiger partial charge in [-0.15, -0.1) is 5.11 Å². The van der Waals surface area contributed by atoms with E-state index in [1.54, 1.807) is 0 Å². The number of allylic oxidation sites excluding steroid dienone is 3. The molecule has 1 N–H and O–H groups in total. The van der Waals surface area contributed by atoms with E-state index in [0.717, 1.165) is 57.0 Å². The SMILES string of the molecule is Clc1nc(-c2ccccc2)nc(NCCN2CCOCC2)c1N=NC1=CCCC=C1. The van der Waals surface area contributed by atoms with Crippen LogP contribution in [0.15, 0.2) is 64.5 Å². The van der Waals surface area contributed by atoms with Crippen LogP contribution in [0, 0.1) is 0 Å². The molecule has 1 aliphatic carbocycles. The first-order chi connectivity index (χ1) is 14.8. The molecule has 0 radical (unpaired) electrons. The van der Waals surface area contributed by atoms with Gasteiger partial charge in [-0.3, -0.25) is 4.90 Å². The number of aromatic nitrogens is 2. The van der Waals surface area contributed by atoms with E-state index in [9.17, 15) is 0 Å². The Hall–Kier alpha value is -2.61. The van der Waals surface area contributed by atoms with Crippen molar-refractivity contribution in [2.45, 2.75) is 12.8 Å². The molecule has 30 heavy (non-hydrogen) atoms. The minimum atomic E-state index is 0.280. The summed E-state index contributed by atoms with van der Waals surface area (Å²) in [6.45, 7) is 5.03. The van der Waals surface area contributed by atoms with Gasteiger partial charge in [0.1, 0.15) is 0 Å². The highest BCUT2D eigenvalue weighted by molar-refractivity contribution is 6.32. The predicted molar refractivity (Wildman–Crippen MR) is 119 cm³/mol. The third-order valence-electron chi connectivity index (χ3n) is 4.94. The Labute approximate surface area is 181 Å². The van der Waals surface area contributed by atoms with Crippen LogP contribution in [0.5, 0.6) is 0 Å². The number of hydrogen-bond acceptors (Lipinski definition) is 7. The van der Waals surface area contributed by atoms with Gasteiger partial charge >= 0.3 is 0 Å². The molecular weight excluding hydrogens is 400 g/mol. The molecule has 4 rings (SSSR count). The Morgan fingerprint density at radius 2 is 1.90 bits per heavy atom. The fourth-order valence-electron chi connectivity index (χ4n) is 3.29. The van der Waals surface area contributed by atoms with Crippen molar-refractivity contribution < 1.29 is 4.74 Å². The highest BCUT2D eigenvalue weighted by Crippen LogP contribution is 2.33. The van der Waals surface area contributed by atoms with Crippen LogP contribution >= 0.6 is 11.6 Å². The van der Waals surface area contributed by atoms with Gasteiger partial charge in [0, 0.05) is 31.7 Å². The van der Waals surface area contributed by atoms with E-state index in [1.165, 1.54) is 0 Å². The number of nitrogens with zero attached hydrogens (tertiary/aromatic N) is 5. The van der Waals surface area contributed by atoms with Crippen LogP contribution in [0.3, 0.4) is 0 Å². The largest absolute Gasteiger partial charge is 0.379 e. The topological polar surface area (TPSA) is 75.0 Å². The van der Waals surface area contributed by atoms with Crippen molar-refractivity contribution in [3.05, 3.63) is 59.4 Å². The van der Waals surface area contributed by atoms with Gasteiger partial charge < -0.3 is 10.1 Å². The van der Waals surface area contributed by atoms with E-state index < -0.39 is 0 Å². The quantitative estimate of drug-likeness (QED) is 0.507. The average Bonchev–Trinajstić information content (AvgIpc) is 2.80. The van der Waals surface area contributed by atoms with E-state index in [0.29, 0.717) is 23.9 Å². The molecule has 0 saturated carbocycles. The highest BCUT2D eigenvalue weighted by Gasteiger charge is 2.16. The predicted octanol–water partition coefficient (Wildman–Crippen LogP) is 4.86. The minimum Gasteiger partial charge on any atom is -0.379 e.